The van der Waals surface area contributed by atoms with Crippen LogP contribution in [0.4, 0.5) is 0 Å². The predicted octanol–water partition coefficient (Wildman–Crippen LogP) is 3.85. The van der Waals surface area contributed by atoms with Crippen molar-refractivity contribution in [2.45, 2.75) is 40.5 Å². The number of carbonyl (C=O) groups excluding carboxylic acids is 1. The molecule has 0 radical (unpaired) electrons. The fourth-order valence-electron chi connectivity index (χ4n) is 2.49. The Morgan fingerprint density at radius 1 is 1.26 bits per heavy atom. The van der Waals surface area contributed by atoms with Gasteiger partial charge in [-0.25, -0.2) is 4.68 Å². The molecule has 1 N–H and O–H groups in total. The van der Waals surface area contributed by atoms with Gasteiger partial charge < -0.3 is 5.32 Å². The lowest BCUT2D eigenvalue weighted by Gasteiger charge is -2.08. The Bertz CT molecular complexity index is 674. The van der Waals surface area contributed by atoms with E-state index in [0.717, 1.165) is 35.6 Å². The summed E-state index contributed by atoms with van der Waals surface area (Å²) in [5.41, 5.74) is 3.81. The highest BCUT2D eigenvalue weighted by atomic mass is 35.5. The van der Waals surface area contributed by atoms with E-state index in [4.69, 9.17) is 11.6 Å². The largest absolute Gasteiger partial charge is 0.356 e. The summed E-state index contributed by atoms with van der Waals surface area (Å²) in [6.45, 7) is 8.95. The summed E-state index contributed by atoms with van der Waals surface area (Å²) in [4.78, 5) is 12.1. The van der Waals surface area contributed by atoms with Gasteiger partial charge in [0.25, 0.3) is 0 Å². The fraction of sp³-hybridized carbons (Fsp3) is 0.444. The molecular formula is C18H24ClN3O. The Morgan fingerprint density at radius 2 is 1.91 bits per heavy atom. The van der Waals surface area contributed by atoms with E-state index in [1.165, 1.54) is 0 Å². The maximum atomic E-state index is 12.1. The van der Waals surface area contributed by atoms with Crippen LogP contribution in [0.3, 0.4) is 0 Å². The fourth-order valence-corrected chi connectivity index (χ4v) is 2.61. The molecule has 0 bridgehead atoms. The molecule has 4 nitrogen and oxygen atoms in total. The first-order chi connectivity index (χ1) is 10.9. The van der Waals surface area contributed by atoms with Gasteiger partial charge in [0.05, 0.1) is 17.8 Å². The van der Waals surface area contributed by atoms with Crippen LogP contribution in [-0.4, -0.2) is 22.2 Å². The number of hydrogen-bond acceptors (Lipinski definition) is 2. The molecule has 5 heteroatoms. The van der Waals surface area contributed by atoms with E-state index in [0.29, 0.717) is 17.4 Å². The molecule has 0 spiro atoms. The molecule has 0 atom stereocenters. The number of rotatable bonds is 6. The Morgan fingerprint density at radius 3 is 2.52 bits per heavy atom. The van der Waals surface area contributed by atoms with Gasteiger partial charge in [0.1, 0.15) is 0 Å². The Balaban J connectivity index is 2.11. The quantitative estimate of drug-likeness (QED) is 0.872. The highest BCUT2D eigenvalue weighted by Crippen LogP contribution is 2.20. The van der Waals surface area contributed by atoms with Gasteiger partial charge in [-0.1, -0.05) is 25.4 Å². The standard InChI is InChI=1S/C18H24ClN3O/c1-12(2)9-10-20-18(23)11-17-13(3)21-22(14(17)4)16-7-5-15(19)6-8-16/h5-8,12H,9-11H2,1-4H3,(H,20,23). The number of amides is 1. The van der Waals surface area contributed by atoms with Crippen LogP contribution in [0.2, 0.25) is 5.02 Å². The summed E-state index contributed by atoms with van der Waals surface area (Å²) in [6, 6.07) is 7.53. The number of carbonyl (C=O) groups is 1. The lowest BCUT2D eigenvalue weighted by Crippen LogP contribution is -2.27. The van der Waals surface area contributed by atoms with E-state index in [-0.39, 0.29) is 5.91 Å². The molecule has 0 aliphatic heterocycles. The van der Waals surface area contributed by atoms with Crippen LogP contribution < -0.4 is 5.32 Å². The average molecular weight is 334 g/mol. The minimum absolute atomic E-state index is 0.0486. The lowest BCUT2D eigenvalue weighted by atomic mass is 10.1. The van der Waals surface area contributed by atoms with Gasteiger partial charge in [-0.05, 0) is 50.5 Å². The normalized spacial score (nSPS) is 11.0. The molecule has 23 heavy (non-hydrogen) atoms. The molecule has 124 valence electrons. The minimum atomic E-state index is 0.0486. The van der Waals surface area contributed by atoms with Crippen LogP contribution in [0.15, 0.2) is 24.3 Å². The number of hydrogen-bond donors (Lipinski definition) is 1. The van der Waals surface area contributed by atoms with Crippen molar-refractivity contribution in [3.63, 3.8) is 0 Å². The SMILES string of the molecule is Cc1nn(-c2ccc(Cl)cc2)c(C)c1CC(=O)NCCC(C)C. The smallest absolute Gasteiger partial charge is 0.224 e. The molecular weight excluding hydrogens is 310 g/mol. The third kappa shape index (κ3) is 4.58. The summed E-state index contributed by atoms with van der Waals surface area (Å²) in [5.74, 6) is 0.638. The molecule has 0 unspecified atom stereocenters. The van der Waals surface area contributed by atoms with Crippen LogP contribution in [0.25, 0.3) is 5.69 Å². The average Bonchev–Trinajstić information content (AvgIpc) is 2.76. The molecule has 0 aliphatic rings. The molecule has 0 saturated carbocycles. The number of benzene rings is 1. The van der Waals surface area contributed by atoms with E-state index >= 15 is 0 Å². The molecule has 2 aromatic rings. The first-order valence-electron chi connectivity index (χ1n) is 7.96. The van der Waals surface area contributed by atoms with Gasteiger partial charge in [0.2, 0.25) is 5.91 Å². The zero-order chi connectivity index (χ0) is 17.0. The third-order valence-corrected chi connectivity index (χ3v) is 4.15. The number of halogens is 1. The summed E-state index contributed by atoms with van der Waals surface area (Å²) in [6.07, 6.45) is 1.36. The molecule has 1 heterocycles. The van der Waals surface area contributed by atoms with Gasteiger partial charge in [-0.2, -0.15) is 5.10 Å². The topological polar surface area (TPSA) is 46.9 Å². The van der Waals surface area contributed by atoms with Crippen molar-refractivity contribution in [1.82, 2.24) is 15.1 Å². The van der Waals surface area contributed by atoms with Crippen molar-refractivity contribution < 1.29 is 4.79 Å². The van der Waals surface area contributed by atoms with E-state index in [2.05, 4.69) is 24.3 Å². The minimum Gasteiger partial charge on any atom is -0.356 e. The van der Waals surface area contributed by atoms with Crippen molar-refractivity contribution >= 4 is 17.5 Å². The van der Waals surface area contributed by atoms with Crippen LogP contribution in [0.5, 0.6) is 0 Å². The summed E-state index contributed by atoms with van der Waals surface area (Å²) < 4.78 is 1.86. The van der Waals surface area contributed by atoms with Gasteiger partial charge in [0, 0.05) is 22.8 Å². The Labute approximate surface area is 142 Å². The molecule has 2 rings (SSSR count). The lowest BCUT2D eigenvalue weighted by molar-refractivity contribution is -0.120. The second-order valence-electron chi connectivity index (χ2n) is 6.25. The summed E-state index contributed by atoms with van der Waals surface area (Å²) in [5, 5.41) is 8.24. The second-order valence-corrected chi connectivity index (χ2v) is 6.68. The van der Waals surface area contributed by atoms with Gasteiger partial charge in [-0.3, -0.25) is 4.79 Å². The summed E-state index contributed by atoms with van der Waals surface area (Å²) in [7, 11) is 0. The van der Waals surface area contributed by atoms with Crippen LogP contribution >= 0.6 is 11.6 Å². The number of nitrogens with zero attached hydrogens (tertiary/aromatic N) is 2. The molecule has 0 aliphatic carbocycles. The Kier molecular flexibility index (Phi) is 5.83. The Hall–Kier alpha value is -1.81. The van der Waals surface area contributed by atoms with Crippen molar-refractivity contribution in [2.24, 2.45) is 5.92 Å². The zero-order valence-corrected chi connectivity index (χ0v) is 14.9. The maximum Gasteiger partial charge on any atom is 0.224 e. The van der Waals surface area contributed by atoms with E-state index < -0.39 is 0 Å². The second kappa shape index (κ2) is 7.64. The van der Waals surface area contributed by atoms with Crippen molar-refractivity contribution in [3.8, 4) is 5.69 Å². The number of nitrogens with one attached hydrogen (secondary N) is 1. The van der Waals surface area contributed by atoms with Crippen LogP contribution in [-0.2, 0) is 11.2 Å². The molecule has 0 saturated heterocycles. The van der Waals surface area contributed by atoms with Crippen molar-refractivity contribution in [1.29, 1.82) is 0 Å². The molecule has 0 fully saturated rings. The monoisotopic (exact) mass is 333 g/mol. The zero-order valence-electron chi connectivity index (χ0n) is 14.2. The predicted molar refractivity (Wildman–Crippen MR) is 94.2 cm³/mol. The van der Waals surface area contributed by atoms with Crippen molar-refractivity contribution in [3.05, 3.63) is 46.2 Å². The van der Waals surface area contributed by atoms with E-state index in [1.807, 2.05) is 42.8 Å². The highest BCUT2D eigenvalue weighted by Gasteiger charge is 2.15. The van der Waals surface area contributed by atoms with Gasteiger partial charge in [0.15, 0.2) is 0 Å². The van der Waals surface area contributed by atoms with Crippen LogP contribution in [0, 0.1) is 19.8 Å². The van der Waals surface area contributed by atoms with Crippen LogP contribution in [0.1, 0.15) is 37.2 Å². The molecule has 1 aromatic heterocycles. The highest BCUT2D eigenvalue weighted by molar-refractivity contribution is 6.30. The van der Waals surface area contributed by atoms with E-state index in [9.17, 15) is 4.79 Å². The molecule has 1 amide bonds. The van der Waals surface area contributed by atoms with Gasteiger partial charge in [-0.15, -0.1) is 0 Å². The number of aromatic nitrogens is 2. The van der Waals surface area contributed by atoms with E-state index in [1.54, 1.807) is 0 Å². The number of aryl methyl sites for hydroxylation is 1. The maximum absolute atomic E-state index is 12.1. The third-order valence-electron chi connectivity index (χ3n) is 3.89. The summed E-state index contributed by atoms with van der Waals surface area (Å²) >= 11 is 5.93. The molecule has 1 aromatic carbocycles. The van der Waals surface area contributed by atoms with Gasteiger partial charge >= 0.3 is 0 Å². The first kappa shape index (κ1) is 17.5. The first-order valence-corrected chi connectivity index (χ1v) is 8.34. The van der Waals surface area contributed by atoms with Crippen molar-refractivity contribution in [2.75, 3.05) is 6.54 Å².